The molecular weight excluding hydrogens is 284 g/mol. The van der Waals surface area contributed by atoms with Gasteiger partial charge in [0.05, 0.1) is 5.56 Å². The van der Waals surface area contributed by atoms with Crippen LogP contribution in [0.15, 0.2) is 60.4 Å². The van der Waals surface area contributed by atoms with Crippen molar-refractivity contribution < 1.29 is 9.53 Å². The molecule has 1 aliphatic rings. The van der Waals surface area contributed by atoms with E-state index in [1.165, 1.54) is 0 Å². The minimum absolute atomic E-state index is 0.0453. The molecule has 4 rings (SSSR count). The molecule has 0 spiro atoms. The van der Waals surface area contributed by atoms with Gasteiger partial charge in [-0.05, 0) is 59.5 Å². The molecule has 2 nitrogen and oxygen atoms in total. The first-order valence-electron chi connectivity index (χ1n) is 7.67. The normalized spacial score (nSPS) is 15.0. The van der Waals surface area contributed by atoms with Crippen molar-refractivity contribution in [2.45, 2.75) is 13.8 Å². The third-order valence-corrected chi connectivity index (χ3v) is 4.39. The van der Waals surface area contributed by atoms with Crippen LogP contribution >= 0.6 is 0 Å². The number of allylic oxidation sites excluding steroid dienone is 1. The number of carbonyl (C=O) groups excluding carboxylic acids is 1. The Morgan fingerprint density at radius 3 is 2.52 bits per heavy atom. The number of carbonyl (C=O) groups is 1. The van der Waals surface area contributed by atoms with E-state index in [4.69, 9.17) is 4.74 Å². The van der Waals surface area contributed by atoms with E-state index in [-0.39, 0.29) is 5.78 Å². The molecule has 2 heteroatoms. The van der Waals surface area contributed by atoms with Gasteiger partial charge < -0.3 is 4.74 Å². The molecule has 0 amide bonds. The van der Waals surface area contributed by atoms with Crippen LogP contribution < -0.4 is 4.74 Å². The second kappa shape index (κ2) is 5.10. The Bertz CT molecular complexity index is 975. The molecule has 0 bridgehead atoms. The second-order valence-corrected chi connectivity index (χ2v) is 5.94. The predicted octanol–water partition coefficient (Wildman–Crippen LogP) is 5.07. The smallest absolute Gasteiger partial charge is 0.231 e. The fourth-order valence-corrected chi connectivity index (χ4v) is 2.96. The lowest BCUT2D eigenvalue weighted by Crippen LogP contribution is -1.98. The molecule has 0 fully saturated rings. The summed E-state index contributed by atoms with van der Waals surface area (Å²) >= 11 is 0. The van der Waals surface area contributed by atoms with Crippen LogP contribution in [0.25, 0.3) is 16.8 Å². The average molecular weight is 300 g/mol. The van der Waals surface area contributed by atoms with Gasteiger partial charge in [-0.15, -0.1) is 0 Å². The second-order valence-electron chi connectivity index (χ2n) is 5.94. The monoisotopic (exact) mass is 300 g/mol. The Hall–Kier alpha value is -2.87. The van der Waals surface area contributed by atoms with E-state index in [1.54, 1.807) is 0 Å². The van der Waals surface area contributed by atoms with Gasteiger partial charge in [0, 0.05) is 0 Å². The van der Waals surface area contributed by atoms with E-state index in [0.717, 1.165) is 27.5 Å². The predicted molar refractivity (Wildman–Crippen MR) is 92.8 cm³/mol. The summed E-state index contributed by atoms with van der Waals surface area (Å²) in [5.41, 5.74) is 3.88. The zero-order chi connectivity index (χ0) is 16.0. The van der Waals surface area contributed by atoms with Crippen LogP contribution in [0.1, 0.15) is 27.0 Å². The molecular formula is C21H16O2. The van der Waals surface area contributed by atoms with E-state index in [0.29, 0.717) is 17.1 Å². The van der Waals surface area contributed by atoms with E-state index < -0.39 is 0 Å². The molecule has 112 valence electrons. The van der Waals surface area contributed by atoms with Gasteiger partial charge in [-0.3, -0.25) is 4.79 Å². The van der Waals surface area contributed by atoms with Gasteiger partial charge in [-0.2, -0.15) is 0 Å². The van der Waals surface area contributed by atoms with Crippen molar-refractivity contribution in [2.75, 3.05) is 0 Å². The minimum atomic E-state index is -0.0453. The van der Waals surface area contributed by atoms with Crippen molar-refractivity contribution in [3.05, 3.63) is 82.6 Å². The summed E-state index contributed by atoms with van der Waals surface area (Å²) in [5.74, 6) is 1.00. The van der Waals surface area contributed by atoms with Crippen LogP contribution in [0.2, 0.25) is 0 Å². The van der Waals surface area contributed by atoms with Crippen LogP contribution in [0.5, 0.6) is 5.75 Å². The molecule has 0 radical (unpaired) electrons. The summed E-state index contributed by atoms with van der Waals surface area (Å²) in [7, 11) is 0. The molecule has 0 aromatic heterocycles. The third-order valence-electron chi connectivity index (χ3n) is 4.39. The zero-order valence-electron chi connectivity index (χ0n) is 13.1. The lowest BCUT2D eigenvalue weighted by atomic mass is 10.0. The van der Waals surface area contributed by atoms with Crippen molar-refractivity contribution >= 4 is 22.6 Å². The van der Waals surface area contributed by atoms with Gasteiger partial charge in [-0.25, -0.2) is 0 Å². The van der Waals surface area contributed by atoms with Gasteiger partial charge in [0.1, 0.15) is 5.75 Å². The summed E-state index contributed by atoms with van der Waals surface area (Å²) in [6.07, 6.45) is 1.84. The van der Waals surface area contributed by atoms with Crippen molar-refractivity contribution in [1.82, 2.24) is 0 Å². The molecule has 0 saturated carbocycles. The first kappa shape index (κ1) is 13.8. The number of ketones is 1. The molecule has 0 unspecified atom stereocenters. The highest BCUT2D eigenvalue weighted by Gasteiger charge is 2.28. The van der Waals surface area contributed by atoms with Crippen molar-refractivity contribution in [2.24, 2.45) is 0 Å². The quantitative estimate of drug-likeness (QED) is 0.586. The van der Waals surface area contributed by atoms with Crippen molar-refractivity contribution in [1.29, 1.82) is 0 Å². The summed E-state index contributed by atoms with van der Waals surface area (Å²) in [4.78, 5) is 12.6. The number of hydrogen-bond acceptors (Lipinski definition) is 2. The summed E-state index contributed by atoms with van der Waals surface area (Å²) in [6.45, 7) is 4.03. The summed E-state index contributed by atoms with van der Waals surface area (Å²) in [5, 5.41) is 2.26. The van der Waals surface area contributed by atoms with E-state index in [2.05, 4.69) is 18.2 Å². The van der Waals surface area contributed by atoms with Crippen molar-refractivity contribution in [3.63, 3.8) is 0 Å². The van der Waals surface area contributed by atoms with Gasteiger partial charge in [0.25, 0.3) is 0 Å². The molecule has 23 heavy (non-hydrogen) atoms. The number of ether oxygens (including phenoxy) is 1. The number of aryl methyl sites for hydroxylation is 2. The fourth-order valence-electron chi connectivity index (χ4n) is 2.96. The van der Waals surface area contributed by atoms with Gasteiger partial charge in [0.2, 0.25) is 5.78 Å². The van der Waals surface area contributed by atoms with Gasteiger partial charge in [0.15, 0.2) is 5.76 Å². The van der Waals surface area contributed by atoms with Gasteiger partial charge in [-0.1, -0.05) is 42.5 Å². The molecule has 0 atom stereocenters. The van der Waals surface area contributed by atoms with Crippen molar-refractivity contribution in [3.8, 4) is 5.75 Å². The van der Waals surface area contributed by atoms with Crippen LogP contribution in [0.3, 0.4) is 0 Å². The number of hydrogen-bond donors (Lipinski definition) is 0. The zero-order valence-corrected chi connectivity index (χ0v) is 13.1. The topological polar surface area (TPSA) is 26.3 Å². The SMILES string of the molecule is Cc1cc2c(cc1C)C(=O)/C(=C/c1cccc3ccccc13)O2. The van der Waals surface area contributed by atoms with Crippen LogP contribution in [0.4, 0.5) is 0 Å². The Labute approximate surface area is 135 Å². The van der Waals surface area contributed by atoms with Crippen LogP contribution in [-0.4, -0.2) is 5.78 Å². The number of benzene rings is 3. The third kappa shape index (κ3) is 2.23. The molecule has 0 N–H and O–H groups in total. The molecule has 0 saturated heterocycles. The highest BCUT2D eigenvalue weighted by molar-refractivity contribution is 6.15. The number of rotatable bonds is 1. The lowest BCUT2D eigenvalue weighted by Gasteiger charge is -2.04. The Kier molecular flexibility index (Phi) is 3.05. The lowest BCUT2D eigenvalue weighted by molar-refractivity contribution is 0.101. The van der Waals surface area contributed by atoms with Gasteiger partial charge >= 0.3 is 0 Å². The minimum Gasteiger partial charge on any atom is -0.452 e. The standard InChI is InChI=1S/C21H16O2/c1-13-10-18-19(11-14(13)2)23-20(21(18)22)12-16-8-5-7-15-6-3-4-9-17(15)16/h3-12H,1-2H3/b20-12-. The molecule has 3 aromatic carbocycles. The summed E-state index contributed by atoms with van der Waals surface area (Å²) < 4.78 is 5.82. The molecule has 1 aliphatic heterocycles. The first-order chi connectivity index (χ1) is 11.1. The van der Waals surface area contributed by atoms with E-state index in [9.17, 15) is 4.79 Å². The fraction of sp³-hybridized carbons (Fsp3) is 0.0952. The highest BCUT2D eigenvalue weighted by Crippen LogP contribution is 2.34. The maximum atomic E-state index is 12.6. The maximum absolute atomic E-state index is 12.6. The summed E-state index contributed by atoms with van der Waals surface area (Å²) in [6, 6.07) is 18.1. The molecule has 0 aliphatic carbocycles. The van der Waals surface area contributed by atoms with Crippen LogP contribution in [0, 0.1) is 13.8 Å². The highest BCUT2D eigenvalue weighted by atomic mass is 16.5. The Balaban J connectivity index is 1.82. The Morgan fingerprint density at radius 2 is 1.65 bits per heavy atom. The molecule has 1 heterocycles. The largest absolute Gasteiger partial charge is 0.452 e. The molecule has 3 aromatic rings. The maximum Gasteiger partial charge on any atom is 0.231 e. The number of fused-ring (bicyclic) bond motifs is 2. The first-order valence-corrected chi connectivity index (χ1v) is 7.67. The number of Topliss-reactive ketones (excluding diaryl/α,β-unsaturated/α-hetero) is 1. The van der Waals surface area contributed by atoms with Crippen LogP contribution in [-0.2, 0) is 0 Å². The van der Waals surface area contributed by atoms with E-state index in [1.807, 2.05) is 56.3 Å². The Morgan fingerprint density at radius 1 is 0.913 bits per heavy atom. The van der Waals surface area contributed by atoms with E-state index >= 15 is 0 Å². The average Bonchev–Trinajstić information content (AvgIpc) is 2.84.